The van der Waals surface area contributed by atoms with E-state index in [4.69, 9.17) is 5.11 Å². The first-order valence-electron chi connectivity index (χ1n) is 6.14. The highest BCUT2D eigenvalue weighted by atomic mass is 79.9. The van der Waals surface area contributed by atoms with Gasteiger partial charge in [-0.3, -0.25) is 0 Å². The lowest BCUT2D eigenvalue weighted by Gasteiger charge is -2.23. The van der Waals surface area contributed by atoms with Crippen LogP contribution in [-0.4, -0.2) is 36.9 Å². The minimum absolute atomic E-state index is 0.0181. The van der Waals surface area contributed by atoms with E-state index in [-0.39, 0.29) is 16.5 Å². The third-order valence-corrected chi connectivity index (χ3v) is 6.21. The van der Waals surface area contributed by atoms with Gasteiger partial charge < -0.3 is 5.11 Å². The van der Waals surface area contributed by atoms with Crippen LogP contribution in [-0.2, 0) is 10.0 Å². The summed E-state index contributed by atoms with van der Waals surface area (Å²) in [5, 5.41) is 9.14. The lowest BCUT2D eigenvalue weighted by atomic mass is 10.1. The number of hydrogen-bond donors (Lipinski definition) is 1. The number of nitrogens with zero attached hydrogens (tertiary/aromatic N) is 1. The van der Waals surface area contributed by atoms with Crippen LogP contribution in [0.2, 0.25) is 0 Å². The predicted molar refractivity (Wildman–Crippen MR) is 80.5 cm³/mol. The molecule has 0 saturated heterocycles. The maximum Gasteiger partial charge on any atom is 0.336 e. The topological polar surface area (TPSA) is 74.7 Å². The van der Waals surface area contributed by atoms with Crippen LogP contribution in [0.5, 0.6) is 0 Å². The fourth-order valence-corrected chi connectivity index (χ4v) is 3.79. The largest absolute Gasteiger partial charge is 0.478 e. The summed E-state index contributed by atoms with van der Waals surface area (Å²) in [6.07, 6.45) is 0.675. The van der Waals surface area contributed by atoms with Gasteiger partial charge in [0.15, 0.2) is 0 Å². The highest BCUT2D eigenvalue weighted by Gasteiger charge is 2.26. The minimum atomic E-state index is -3.71. The Labute approximate surface area is 127 Å². The predicted octanol–water partition coefficient (Wildman–Crippen LogP) is 2.87. The second kappa shape index (κ2) is 6.24. The van der Waals surface area contributed by atoms with Gasteiger partial charge in [-0.05, 0) is 38.0 Å². The molecule has 0 bridgehead atoms. The monoisotopic (exact) mass is 363 g/mol. The van der Waals surface area contributed by atoms with Crippen LogP contribution >= 0.6 is 15.9 Å². The molecule has 0 amide bonds. The molecular weight excluding hydrogens is 346 g/mol. The minimum Gasteiger partial charge on any atom is -0.478 e. The normalized spacial score (nSPS) is 13.5. The van der Waals surface area contributed by atoms with E-state index in [2.05, 4.69) is 15.9 Å². The number of rotatable bonds is 5. The number of halogens is 1. The second-order valence-corrected chi connectivity index (χ2v) is 7.51. The zero-order valence-electron chi connectivity index (χ0n) is 11.8. The van der Waals surface area contributed by atoms with Gasteiger partial charge in [-0.25, -0.2) is 13.2 Å². The molecule has 0 aliphatic carbocycles. The van der Waals surface area contributed by atoms with Crippen molar-refractivity contribution in [2.24, 2.45) is 0 Å². The van der Waals surface area contributed by atoms with Crippen molar-refractivity contribution in [3.05, 3.63) is 27.7 Å². The average Bonchev–Trinajstić information content (AvgIpc) is 2.39. The zero-order chi connectivity index (χ0) is 15.7. The van der Waals surface area contributed by atoms with Crippen LogP contribution in [0.15, 0.2) is 21.5 Å². The molecule has 20 heavy (non-hydrogen) atoms. The van der Waals surface area contributed by atoms with E-state index in [0.717, 1.165) is 0 Å². The number of carbonyl (C=O) groups is 1. The van der Waals surface area contributed by atoms with E-state index in [1.165, 1.54) is 23.5 Å². The molecular formula is C13H18BrNO4S. The van der Waals surface area contributed by atoms with Crippen molar-refractivity contribution in [2.45, 2.75) is 38.1 Å². The molecule has 1 rings (SSSR count). The van der Waals surface area contributed by atoms with Crippen LogP contribution in [0.4, 0.5) is 0 Å². The van der Waals surface area contributed by atoms with Crippen LogP contribution < -0.4 is 0 Å². The number of carboxylic acid groups (broad SMARTS) is 1. The molecule has 0 fully saturated rings. The van der Waals surface area contributed by atoms with Gasteiger partial charge in [-0.2, -0.15) is 4.31 Å². The molecule has 0 aliphatic rings. The summed E-state index contributed by atoms with van der Waals surface area (Å²) in [5.41, 5.74) is 0.484. The lowest BCUT2D eigenvalue weighted by Crippen LogP contribution is -2.34. The maximum atomic E-state index is 12.5. The van der Waals surface area contributed by atoms with Crippen molar-refractivity contribution in [2.75, 3.05) is 7.05 Å². The molecule has 0 heterocycles. The first-order chi connectivity index (χ1) is 9.12. The highest BCUT2D eigenvalue weighted by Crippen LogP contribution is 2.27. The van der Waals surface area contributed by atoms with Gasteiger partial charge in [-0.15, -0.1) is 0 Å². The van der Waals surface area contributed by atoms with E-state index in [9.17, 15) is 13.2 Å². The Bertz CT molecular complexity index is 628. The van der Waals surface area contributed by atoms with Crippen molar-refractivity contribution in [3.8, 4) is 0 Å². The fraction of sp³-hybridized carbons (Fsp3) is 0.462. The third-order valence-electron chi connectivity index (χ3n) is 3.44. The van der Waals surface area contributed by atoms with Gasteiger partial charge >= 0.3 is 5.97 Å². The summed E-state index contributed by atoms with van der Waals surface area (Å²) in [6, 6.07) is 2.49. The summed E-state index contributed by atoms with van der Waals surface area (Å²) in [7, 11) is -2.21. The first-order valence-corrected chi connectivity index (χ1v) is 8.37. The van der Waals surface area contributed by atoms with Crippen molar-refractivity contribution >= 4 is 31.9 Å². The van der Waals surface area contributed by atoms with E-state index < -0.39 is 16.0 Å². The number of carboxylic acids is 1. The highest BCUT2D eigenvalue weighted by molar-refractivity contribution is 9.10. The molecule has 112 valence electrons. The number of aromatic carboxylic acids is 1. The Morgan fingerprint density at radius 3 is 2.45 bits per heavy atom. The molecule has 1 aromatic carbocycles. The molecule has 0 aliphatic heterocycles. The van der Waals surface area contributed by atoms with Crippen LogP contribution in [0.3, 0.4) is 0 Å². The molecule has 1 atom stereocenters. The van der Waals surface area contributed by atoms with Crippen molar-refractivity contribution in [3.63, 3.8) is 0 Å². The van der Waals surface area contributed by atoms with Crippen molar-refractivity contribution < 1.29 is 18.3 Å². The third kappa shape index (κ3) is 3.21. The number of sulfonamides is 1. The van der Waals surface area contributed by atoms with Gasteiger partial charge in [0.1, 0.15) is 0 Å². The summed E-state index contributed by atoms with van der Waals surface area (Å²) >= 11 is 3.21. The van der Waals surface area contributed by atoms with E-state index in [1.807, 2.05) is 6.92 Å². The standard InChI is InChI=1S/C13H18BrNO4S/c1-5-8(2)15(4)20(18,19)10-6-11(13(16)17)9(3)12(14)7-10/h6-8H,5H2,1-4H3,(H,16,17). The molecule has 0 spiro atoms. The van der Waals surface area contributed by atoms with Gasteiger partial charge in [0, 0.05) is 17.6 Å². The van der Waals surface area contributed by atoms with Crippen LogP contribution in [0.1, 0.15) is 36.2 Å². The molecule has 0 radical (unpaired) electrons. The van der Waals surface area contributed by atoms with Crippen LogP contribution in [0.25, 0.3) is 0 Å². The Hall–Kier alpha value is -0.920. The number of benzene rings is 1. The summed E-state index contributed by atoms with van der Waals surface area (Å²) in [6.45, 7) is 5.33. The summed E-state index contributed by atoms with van der Waals surface area (Å²) < 4.78 is 26.7. The number of hydrogen-bond acceptors (Lipinski definition) is 3. The van der Waals surface area contributed by atoms with Gasteiger partial charge in [0.05, 0.1) is 10.5 Å². The lowest BCUT2D eigenvalue weighted by molar-refractivity contribution is 0.0695. The van der Waals surface area contributed by atoms with E-state index >= 15 is 0 Å². The van der Waals surface area contributed by atoms with Gasteiger partial charge in [0.2, 0.25) is 10.0 Å². The molecule has 0 saturated carbocycles. The molecule has 1 unspecified atom stereocenters. The Morgan fingerprint density at radius 2 is 2.00 bits per heavy atom. The molecule has 5 nitrogen and oxygen atoms in total. The molecule has 0 aromatic heterocycles. The average molecular weight is 364 g/mol. The van der Waals surface area contributed by atoms with Gasteiger partial charge in [-0.1, -0.05) is 22.9 Å². The SMILES string of the molecule is CCC(C)N(C)S(=O)(=O)c1cc(Br)c(C)c(C(=O)O)c1. The van der Waals surface area contributed by atoms with E-state index in [1.54, 1.807) is 13.8 Å². The van der Waals surface area contributed by atoms with Crippen LogP contribution in [0, 0.1) is 6.92 Å². The molecule has 1 N–H and O–H groups in total. The van der Waals surface area contributed by atoms with Crippen molar-refractivity contribution in [1.82, 2.24) is 4.31 Å². The smallest absolute Gasteiger partial charge is 0.336 e. The first kappa shape index (κ1) is 17.1. The Kier molecular flexibility index (Phi) is 5.34. The summed E-state index contributed by atoms with van der Waals surface area (Å²) in [4.78, 5) is 11.2. The molecule has 7 heteroatoms. The quantitative estimate of drug-likeness (QED) is 0.872. The molecule has 1 aromatic rings. The Balaban J connectivity index is 3.44. The Morgan fingerprint density at radius 1 is 1.45 bits per heavy atom. The summed E-state index contributed by atoms with van der Waals surface area (Å²) in [5.74, 6) is -1.15. The van der Waals surface area contributed by atoms with Gasteiger partial charge in [0.25, 0.3) is 0 Å². The van der Waals surface area contributed by atoms with E-state index in [0.29, 0.717) is 16.5 Å². The van der Waals surface area contributed by atoms with Crippen molar-refractivity contribution in [1.29, 1.82) is 0 Å². The maximum absolute atomic E-state index is 12.5. The fourth-order valence-electron chi connectivity index (χ4n) is 1.69. The second-order valence-electron chi connectivity index (χ2n) is 4.66. The zero-order valence-corrected chi connectivity index (χ0v) is 14.2.